The van der Waals surface area contributed by atoms with Gasteiger partial charge in [-0.3, -0.25) is 0 Å². The van der Waals surface area contributed by atoms with Crippen LogP contribution in [0.3, 0.4) is 0 Å². The van der Waals surface area contributed by atoms with Crippen molar-refractivity contribution in [2.75, 3.05) is 12.8 Å². The molecular formula is C14H19N3O. The monoisotopic (exact) mass is 245 g/mol. The van der Waals surface area contributed by atoms with Gasteiger partial charge in [0.25, 0.3) is 0 Å². The molecule has 0 spiro atoms. The molecule has 1 heterocycles. The number of hydrogen-bond donors (Lipinski definition) is 1. The molecule has 1 aromatic heterocycles. The standard InChI is InChI=1S/C14H19N3O/c1-4-13(17-14(15)10(2)9-16-17)11-5-7-12(18-3)8-6-11/h5-9,13H,4,15H2,1-3H3. The van der Waals surface area contributed by atoms with Crippen LogP contribution in [0.4, 0.5) is 5.82 Å². The van der Waals surface area contributed by atoms with Crippen molar-refractivity contribution in [1.82, 2.24) is 9.78 Å². The SMILES string of the molecule is CCC(c1ccc(OC)cc1)n1ncc(C)c1N. The second-order valence-electron chi connectivity index (χ2n) is 4.35. The van der Waals surface area contributed by atoms with Gasteiger partial charge in [0.15, 0.2) is 0 Å². The van der Waals surface area contributed by atoms with Crippen molar-refractivity contribution in [2.45, 2.75) is 26.3 Å². The van der Waals surface area contributed by atoms with Gasteiger partial charge in [0, 0.05) is 5.56 Å². The molecule has 2 rings (SSSR count). The summed E-state index contributed by atoms with van der Waals surface area (Å²) in [7, 11) is 1.67. The predicted molar refractivity (Wildman–Crippen MR) is 72.8 cm³/mol. The molecule has 0 radical (unpaired) electrons. The Morgan fingerprint density at radius 2 is 2.00 bits per heavy atom. The van der Waals surface area contributed by atoms with Gasteiger partial charge < -0.3 is 10.5 Å². The number of aryl methyl sites for hydroxylation is 1. The molecule has 4 heteroatoms. The van der Waals surface area contributed by atoms with Crippen LogP contribution in [0.15, 0.2) is 30.5 Å². The predicted octanol–water partition coefficient (Wildman–Crippen LogP) is 2.78. The fraction of sp³-hybridized carbons (Fsp3) is 0.357. The van der Waals surface area contributed by atoms with Crippen LogP contribution in [-0.2, 0) is 0 Å². The van der Waals surface area contributed by atoms with Crippen LogP contribution in [0.1, 0.15) is 30.5 Å². The number of methoxy groups -OCH3 is 1. The molecule has 0 saturated heterocycles. The van der Waals surface area contributed by atoms with Crippen LogP contribution in [0, 0.1) is 6.92 Å². The number of hydrogen-bond acceptors (Lipinski definition) is 3. The largest absolute Gasteiger partial charge is 0.497 e. The van der Waals surface area contributed by atoms with E-state index in [4.69, 9.17) is 10.5 Å². The summed E-state index contributed by atoms with van der Waals surface area (Å²) in [5.74, 6) is 1.59. The molecule has 0 aliphatic rings. The Kier molecular flexibility index (Phi) is 3.55. The number of ether oxygens (including phenoxy) is 1. The van der Waals surface area contributed by atoms with Crippen LogP contribution in [0.2, 0.25) is 0 Å². The molecule has 0 amide bonds. The normalized spacial score (nSPS) is 12.4. The maximum Gasteiger partial charge on any atom is 0.125 e. The van der Waals surface area contributed by atoms with Gasteiger partial charge in [0.05, 0.1) is 19.3 Å². The number of nitrogens with two attached hydrogens (primary N) is 1. The Hall–Kier alpha value is -1.97. The van der Waals surface area contributed by atoms with Crippen molar-refractivity contribution in [3.05, 3.63) is 41.6 Å². The molecule has 18 heavy (non-hydrogen) atoms. The van der Waals surface area contributed by atoms with Crippen molar-refractivity contribution < 1.29 is 4.74 Å². The lowest BCUT2D eigenvalue weighted by Crippen LogP contribution is -2.14. The van der Waals surface area contributed by atoms with Crippen molar-refractivity contribution in [2.24, 2.45) is 0 Å². The highest BCUT2D eigenvalue weighted by Crippen LogP contribution is 2.26. The van der Waals surface area contributed by atoms with E-state index in [2.05, 4.69) is 24.2 Å². The van der Waals surface area contributed by atoms with Crippen molar-refractivity contribution in [3.63, 3.8) is 0 Å². The zero-order chi connectivity index (χ0) is 13.1. The topological polar surface area (TPSA) is 53.1 Å². The van der Waals surface area contributed by atoms with Gasteiger partial charge in [-0.25, -0.2) is 4.68 Å². The first-order valence-corrected chi connectivity index (χ1v) is 6.11. The summed E-state index contributed by atoms with van der Waals surface area (Å²) in [5, 5.41) is 4.37. The zero-order valence-electron chi connectivity index (χ0n) is 11.1. The Morgan fingerprint density at radius 3 is 2.44 bits per heavy atom. The Labute approximate surface area is 107 Å². The van der Waals surface area contributed by atoms with Gasteiger partial charge >= 0.3 is 0 Å². The van der Waals surface area contributed by atoms with Crippen LogP contribution in [0.5, 0.6) is 5.75 Å². The number of benzene rings is 1. The molecule has 1 atom stereocenters. The minimum atomic E-state index is 0.171. The summed E-state index contributed by atoms with van der Waals surface area (Å²) in [6.45, 7) is 4.10. The van der Waals surface area contributed by atoms with Gasteiger partial charge in [-0.15, -0.1) is 0 Å². The van der Waals surface area contributed by atoms with E-state index < -0.39 is 0 Å². The van der Waals surface area contributed by atoms with E-state index in [0.29, 0.717) is 0 Å². The van der Waals surface area contributed by atoms with E-state index in [1.807, 2.05) is 29.9 Å². The lowest BCUT2D eigenvalue weighted by Gasteiger charge is -2.18. The highest BCUT2D eigenvalue weighted by atomic mass is 16.5. The lowest BCUT2D eigenvalue weighted by atomic mass is 10.0. The zero-order valence-corrected chi connectivity index (χ0v) is 11.1. The van der Waals surface area contributed by atoms with E-state index >= 15 is 0 Å². The minimum Gasteiger partial charge on any atom is -0.497 e. The van der Waals surface area contributed by atoms with Crippen LogP contribution < -0.4 is 10.5 Å². The summed E-state index contributed by atoms with van der Waals surface area (Å²) < 4.78 is 7.06. The number of anilines is 1. The summed E-state index contributed by atoms with van der Waals surface area (Å²) in [4.78, 5) is 0. The molecule has 4 nitrogen and oxygen atoms in total. The molecule has 0 saturated carbocycles. The third kappa shape index (κ3) is 2.18. The average molecular weight is 245 g/mol. The van der Waals surface area contributed by atoms with E-state index in [0.717, 1.165) is 23.6 Å². The first-order chi connectivity index (χ1) is 8.67. The maximum absolute atomic E-state index is 6.05. The summed E-state index contributed by atoms with van der Waals surface area (Å²) in [6, 6.07) is 8.21. The first-order valence-electron chi connectivity index (χ1n) is 6.11. The third-order valence-corrected chi connectivity index (χ3v) is 3.21. The second kappa shape index (κ2) is 5.12. The fourth-order valence-corrected chi connectivity index (χ4v) is 2.08. The number of aromatic nitrogens is 2. The molecule has 1 aromatic carbocycles. The van der Waals surface area contributed by atoms with Gasteiger partial charge in [-0.2, -0.15) is 5.10 Å². The first kappa shape index (κ1) is 12.5. The number of rotatable bonds is 4. The van der Waals surface area contributed by atoms with Gasteiger partial charge in [-0.05, 0) is 31.0 Å². The van der Waals surface area contributed by atoms with Crippen molar-refractivity contribution in [1.29, 1.82) is 0 Å². The summed E-state index contributed by atoms with van der Waals surface area (Å²) >= 11 is 0. The molecule has 2 aromatic rings. The van der Waals surface area contributed by atoms with Gasteiger partial charge in [0.1, 0.15) is 11.6 Å². The minimum absolute atomic E-state index is 0.171. The van der Waals surface area contributed by atoms with E-state index in [1.54, 1.807) is 7.11 Å². The molecule has 1 unspecified atom stereocenters. The van der Waals surface area contributed by atoms with E-state index in [-0.39, 0.29) is 6.04 Å². The molecule has 0 aliphatic heterocycles. The quantitative estimate of drug-likeness (QED) is 0.901. The van der Waals surface area contributed by atoms with Crippen molar-refractivity contribution in [3.8, 4) is 5.75 Å². The highest BCUT2D eigenvalue weighted by Gasteiger charge is 2.15. The Morgan fingerprint density at radius 1 is 1.33 bits per heavy atom. The molecular weight excluding hydrogens is 226 g/mol. The van der Waals surface area contributed by atoms with Crippen molar-refractivity contribution >= 4 is 5.82 Å². The molecule has 96 valence electrons. The highest BCUT2D eigenvalue weighted by molar-refractivity contribution is 5.39. The molecule has 2 N–H and O–H groups in total. The van der Waals surface area contributed by atoms with Crippen LogP contribution >= 0.6 is 0 Å². The summed E-state index contributed by atoms with van der Waals surface area (Å²) in [6.07, 6.45) is 2.75. The Bertz CT molecular complexity index is 516. The molecule has 0 bridgehead atoms. The second-order valence-corrected chi connectivity index (χ2v) is 4.35. The van der Waals surface area contributed by atoms with E-state index in [9.17, 15) is 0 Å². The van der Waals surface area contributed by atoms with Crippen LogP contribution in [0.25, 0.3) is 0 Å². The smallest absolute Gasteiger partial charge is 0.125 e. The maximum atomic E-state index is 6.05. The van der Waals surface area contributed by atoms with Gasteiger partial charge in [0.2, 0.25) is 0 Å². The Balaban J connectivity index is 2.35. The average Bonchev–Trinajstić information content (AvgIpc) is 2.73. The third-order valence-electron chi connectivity index (χ3n) is 3.21. The number of nitrogen functional groups attached to an aromatic ring is 1. The molecule has 0 fully saturated rings. The molecule has 0 aliphatic carbocycles. The van der Waals surface area contributed by atoms with Gasteiger partial charge in [-0.1, -0.05) is 19.1 Å². The summed E-state index contributed by atoms with van der Waals surface area (Å²) in [5.41, 5.74) is 8.25. The number of nitrogens with zero attached hydrogens (tertiary/aromatic N) is 2. The van der Waals surface area contributed by atoms with E-state index in [1.165, 1.54) is 5.56 Å². The lowest BCUT2D eigenvalue weighted by molar-refractivity contribution is 0.414. The van der Waals surface area contributed by atoms with Crippen LogP contribution in [-0.4, -0.2) is 16.9 Å². The fourth-order valence-electron chi connectivity index (χ4n) is 2.08.